The topological polar surface area (TPSA) is 110 Å². The van der Waals surface area contributed by atoms with Crippen molar-refractivity contribution < 1.29 is 21.6 Å². The molecule has 0 aromatic heterocycles. The first-order valence-electron chi connectivity index (χ1n) is 2.48. The SMILES string of the molecule is CS(=O)(=O)C=NS(=O)(=O)NC=O. The Morgan fingerprint density at radius 2 is 1.75 bits per heavy atom. The summed E-state index contributed by atoms with van der Waals surface area (Å²) >= 11 is 0. The molecular formula is C3H6N2O5S2. The highest BCUT2D eigenvalue weighted by atomic mass is 32.2. The lowest BCUT2D eigenvalue weighted by Crippen LogP contribution is -2.19. The maximum absolute atomic E-state index is 10.5. The largest absolute Gasteiger partial charge is 0.344 e. The van der Waals surface area contributed by atoms with E-state index in [9.17, 15) is 21.6 Å². The summed E-state index contributed by atoms with van der Waals surface area (Å²) in [6.07, 6.45) is 0.655. The number of carbonyl (C=O) groups excluding carboxylic acids is 1. The second-order valence-electron chi connectivity index (χ2n) is 1.75. The number of nitrogens with zero attached hydrogens (tertiary/aromatic N) is 1. The van der Waals surface area contributed by atoms with Gasteiger partial charge in [-0.3, -0.25) is 4.79 Å². The average Bonchev–Trinajstić information content (AvgIpc) is 1.83. The van der Waals surface area contributed by atoms with Crippen LogP contribution in [-0.4, -0.2) is 35.0 Å². The number of sulfone groups is 1. The van der Waals surface area contributed by atoms with Gasteiger partial charge in [-0.15, -0.1) is 4.40 Å². The van der Waals surface area contributed by atoms with Crippen LogP contribution in [-0.2, 0) is 24.8 Å². The zero-order valence-electron chi connectivity index (χ0n) is 5.96. The Bertz CT molecular complexity index is 377. The third kappa shape index (κ3) is 5.80. The zero-order chi connectivity index (χ0) is 9.83. The Balaban J connectivity index is 4.69. The molecule has 7 nitrogen and oxygen atoms in total. The summed E-state index contributed by atoms with van der Waals surface area (Å²) in [6, 6.07) is 0. The maximum Gasteiger partial charge on any atom is 0.344 e. The quantitative estimate of drug-likeness (QED) is 0.332. The van der Waals surface area contributed by atoms with Crippen molar-refractivity contribution in [2.45, 2.75) is 0 Å². The number of nitrogens with one attached hydrogen (secondary N) is 1. The minimum atomic E-state index is -4.19. The first kappa shape index (κ1) is 11.0. The van der Waals surface area contributed by atoms with Gasteiger partial charge in [-0.25, -0.2) is 13.1 Å². The molecule has 0 radical (unpaired) electrons. The molecule has 12 heavy (non-hydrogen) atoms. The first-order chi connectivity index (χ1) is 5.27. The van der Waals surface area contributed by atoms with Gasteiger partial charge in [0.1, 0.15) is 5.55 Å². The summed E-state index contributed by atoms with van der Waals surface area (Å²) in [6.45, 7) is 0. The molecule has 0 saturated heterocycles. The van der Waals surface area contributed by atoms with E-state index in [1.807, 2.05) is 0 Å². The van der Waals surface area contributed by atoms with Gasteiger partial charge in [-0.2, -0.15) is 8.42 Å². The second-order valence-corrected chi connectivity index (χ2v) is 5.02. The van der Waals surface area contributed by atoms with Crippen molar-refractivity contribution >= 4 is 32.0 Å². The molecule has 0 bridgehead atoms. The standard InChI is InChI=1S/C3H6N2O5S2/c1-11(7,8)3-5-12(9,10)4-2-6/h2-3H,1H3,(H,4,6). The predicted molar refractivity (Wildman–Crippen MR) is 41.5 cm³/mol. The van der Waals surface area contributed by atoms with E-state index in [4.69, 9.17) is 0 Å². The summed E-state index contributed by atoms with van der Waals surface area (Å²) in [5.41, 5.74) is 0.235. The van der Waals surface area contributed by atoms with Crippen LogP contribution in [0.3, 0.4) is 0 Å². The fourth-order valence-corrected chi connectivity index (χ4v) is 1.49. The number of carbonyl (C=O) groups is 1. The lowest BCUT2D eigenvalue weighted by molar-refractivity contribution is -0.108. The monoisotopic (exact) mass is 214 g/mol. The number of amides is 1. The van der Waals surface area contributed by atoms with Crippen LogP contribution in [0.5, 0.6) is 0 Å². The average molecular weight is 214 g/mol. The van der Waals surface area contributed by atoms with Gasteiger partial charge in [0.25, 0.3) is 0 Å². The summed E-state index contributed by atoms with van der Waals surface area (Å²) in [5.74, 6) is 0. The lowest BCUT2D eigenvalue weighted by Gasteiger charge is -1.91. The van der Waals surface area contributed by atoms with Gasteiger partial charge in [-0.05, 0) is 0 Å². The molecule has 0 spiro atoms. The van der Waals surface area contributed by atoms with E-state index in [2.05, 4.69) is 4.40 Å². The van der Waals surface area contributed by atoms with E-state index in [0.717, 1.165) is 6.26 Å². The molecule has 0 unspecified atom stereocenters. The molecule has 0 heterocycles. The molecule has 0 aliphatic heterocycles. The summed E-state index contributed by atoms with van der Waals surface area (Å²) in [5, 5.41) is 0. The molecule has 0 fully saturated rings. The van der Waals surface area contributed by atoms with Crippen LogP contribution in [0.4, 0.5) is 0 Å². The third-order valence-corrected chi connectivity index (χ3v) is 1.97. The highest BCUT2D eigenvalue weighted by Gasteiger charge is 2.05. The second kappa shape index (κ2) is 3.63. The number of rotatable bonds is 4. The van der Waals surface area contributed by atoms with Crippen LogP contribution in [0.15, 0.2) is 4.40 Å². The van der Waals surface area contributed by atoms with Crippen LogP contribution in [0.25, 0.3) is 0 Å². The van der Waals surface area contributed by atoms with Crippen LogP contribution in [0.1, 0.15) is 0 Å². The fourth-order valence-electron chi connectivity index (χ4n) is 0.226. The molecule has 70 valence electrons. The normalized spacial score (nSPS) is 13.1. The van der Waals surface area contributed by atoms with Gasteiger partial charge in [0, 0.05) is 6.26 Å². The van der Waals surface area contributed by atoms with Crippen molar-refractivity contribution in [3.8, 4) is 0 Å². The highest BCUT2D eigenvalue weighted by molar-refractivity contribution is 8.04. The van der Waals surface area contributed by atoms with Gasteiger partial charge < -0.3 is 0 Å². The van der Waals surface area contributed by atoms with Crippen LogP contribution in [0.2, 0.25) is 0 Å². The maximum atomic E-state index is 10.5. The first-order valence-corrected chi connectivity index (χ1v) is 5.87. The van der Waals surface area contributed by atoms with E-state index in [1.54, 1.807) is 0 Å². The van der Waals surface area contributed by atoms with Crippen molar-refractivity contribution in [1.29, 1.82) is 0 Å². The Morgan fingerprint density at radius 3 is 2.08 bits per heavy atom. The van der Waals surface area contributed by atoms with Gasteiger partial charge in [0.05, 0.1) is 0 Å². The molecule has 0 aliphatic carbocycles. The zero-order valence-corrected chi connectivity index (χ0v) is 7.59. The van der Waals surface area contributed by atoms with Crippen molar-refractivity contribution in [2.75, 3.05) is 6.26 Å². The number of hydrogen-bond donors (Lipinski definition) is 1. The molecule has 0 aliphatic rings. The molecule has 0 aromatic rings. The minimum absolute atomic E-state index is 0.116. The van der Waals surface area contributed by atoms with Crippen molar-refractivity contribution in [2.24, 2.45) is 4.40 Å². The Kier molecular flexibility index (Phi) is 3.34. The van der Waals surface area contributed by atoms with E-state index in [1.165, 1.54) is 4.72 Å². The van der Waals surface area contributed by atoms with E-state index in [-0.39, 0.29) is 12.0 Å². The Labute approximate surface area is 69.6 Å². The van der Waals surface area contributed by atoms with Crippen molar-refractivity contribution in [3.05, 3.63) is 0 Å². The molecule has 0 aromatic carbocycles. The van der Waals surface area contributed by atoms with Crippen LogP contribution < -0.4 is 4.72 Å². The van der Waals surface area contributed by atoms with Gasteiger partial charge in [0.15, 0.2) is 9.84 Å². The summed E-state index contributed by atoms with van der Waals surface area (Å²) in [4.78, 5) is 9.63. The van der Waals surface area contributed by atoms with Crippen molar-refractivity contribution in [1.82, 2.24) is 4.72 Å². The molecule has 9 heteroatoms. The smallest absolute Gasteiger partial charge is 0.278 e. The Hall–Kier alpha value is -0.960. The summed E-state index contributed by atoms with van der Waals surface area (Å²) in [7, 11) is -7.80. The van der Waals surface area contributed by atoms with Crippen LogP contribution >= 0.6 is 0 Å². The van der Waals surface area contributed by atoms with Gasteiger partial charge in [0.2, 0.25) is 6.41 Å². The minimum Gasteiger partial charge on any atom is -0.278 e. The molecule has 0 atom stereocenters. The lowest BCUT2D eigenvalue weighted by atomic mass is 11.5. The molecule has 0 saturated carbocycles. The van der Waals surface area contributed by atoms with E-state index < -0.39 is 20.0 Å². The predicted octanol–water partition coefficient (Wildman–Crippen LogP) is -1.95. The fraction of sp³-hybridized carbons (Fsp3) is 0.333. The van der Waals surface area contributed by atoms with Gasteiger partial charge in [-0.1, -0.05) is 0 Å². The number of hydrogen-bond acceptors (Lipinski definition) is 5. The van der Waals surface area contributed by atoms with E-state index in [0.29, 0.717) is 0 Å². The van der Waals surface area contributed by atoms with Crippen LogP contribution in [0, 0.1) is 0 Å². The highest BCUT2D eigenvalue weighted by Crippen LogP contribution is 1.84. The third-order valence-electron chi connectivity index (χ3n) is 0.570. The molecule has 1 N–H and O–H groups in total. The summed E-state index contributed by atoms with van der Waals surface area (Å²) < 4.78 is 45.6. The van der Waals surface area contributed by atoms with E-state index >= 15 is 0 Å². The van der Waals surface area contributed by atoms with Gasteiger partial charge >= 0.3 is 10.2 Å². The molecule has 0 rings (SSSR count). The van der Waals surface area contributed by atoms with Crippen molar-refractivity contribution in [3.63, 3.8) is 0 Å². The molecular weight excluding hydrogens is 208 g/mol. The Morgan fingerprint density at radius 1 is 1.25 bits per heavy atom. The molecule has 1 amide bonds.